The van der Waals surface area contributed by atoms with E-state index in [4.69, 9.17) is 4.98 Å². The highest BCUT2D eigenvalue weighted by Crippen LogP contribution is 2.38. The minimum absolute atomic E-state index is 0.0661. The van der Waals surface area contributed by atoms with Crippen molar-refractivity contribution in [2.45, 2.75) is 24.7 Å². The van der Waals surface area contributed by atoms with Crippen LogP contribution in [0.5, 0.6) is 0 Å². The molecule has 0 fully saturated rings. The maximum atomic E-state index is 11.7. The largest absolute Gasteiger partial charge is 0.303 e. The molecular formula is C24H21NO. The molecule has 1 aliphatic carbocycles. The molecule has 2 aromatic carbocycles. The first-order chi connectivity index (χ1) is 12.8. The van der Waals surface area contributed by atoms with Gasteiger partial charge in [-0.25, -0.2) is 0 Å². The van der Waals surface area contributed by atoms with Crippen molar-refractivity contribution < 1.29 is 4.79 Å². The van der Waals surface area contributed by atoms with Crippen molar-refractivity contribution in [3.8, 4) is 0 Å². The van der Waals surface area contributed by atoms with E-state index in [1.807, 2.05) is 36.4 Å². The number of carbonyl (C=O) groups is 1. The van der Waals surface area contributed by atoms with E-state index in [2.05, 4.69) is 48.5 Å². The molecular weight excluding hydrogens is 318 g/mol. The summed E-state index contributed by atoms with van der Waals surface area (Å²) in [6.45, 7) is 0. The van der Waals surface area contributed by atoms with Gasteiger partial charge >= 0.3 is 0 Å². The lowest BCUT2D eigenvalue weighted by Gasteiger charge is -2.28. The fraction of sp³-hybridized carbons (Fsp3) is 0.167. The smallest absolute Gasteiger partial charge is 0.127 e. The van der Waals surface area contributed by atoms with Crippen molar-refractivity contribution in [3.63, 3.8) is 0 Å². The molecule has 0 radical (unpaired) electrons. The third kappa shape index (κ3) is 3.50. The Morgan fingerprint density at radius 1 is 0.846 bits per heavy atom. The molecule has 2 unspecified atom stereocenters. The number of fused-ring (bicyclic) bond motifs is 1. The molecule has 0 bridgehead atoms. The topological polar surface area (TPSA) is 30.0 Å². The third-order valence-electron chi connectivity index (χ3n) is 5.09. The van der Waals surface area contributed by atoms with Crippen LogP contribution in [0, 0.1) is 0 Å². The lowest BCUT2D eigenvalue weighted by atomic mass is 9.76. The quantitative estimate of drug-likeness (QED) is 0.607. The van der Waals surface area contributed by atoms with Crippen molar-refractivity contribution >= 4 is 18.4 Å². The van der Waals surface area contributed by atoms with Gasteiger partial charge in [0.15, 0.2) is 0 Å². The zero-order valence-electron chi connectivity index (χ0n) is 14.6. The van der Waals surface area contributed by atoms with Crippen molar-refractivity contribution in [1.82, 2.24) is 4.98 Å². The minimum atomic E-state index is -0.0661. The van der Waals surface area contributed by atoms with E-state index in [9.17, 15) is 4.79 Å². The fourth-order valence-electron chi connectivity index (χ4n) is 3.73. The number of aldehydes is 1. The summed E-state index contributed by atoms with van der Waals surface area (Å²) < 4.78 is 0. The van der Waals surface area contributed by atoms with Gasteiger partial charge in [-0.15, -0.1) is 0 Å². The molecule has 2 atom stereocenters. The van der Waals surface area contributed by atoms with Gasteiger partial charge < -0.3 is 4.79 Å². The highest BCUT2D eigenvalue weighted by molar-refractivity contribution is 5.69. The van der Waals surface area contributed by atoms with E-state index >= 15 is 0 Å². The molecule has 0 spiro atoms. The van der Waals surface area contributed by atoms with E-state index in [1.54, 1.807) is 0 Å². The van der Waals surface area contributed by atoms with Crippen LogP contribution >= 0.6 is 0 Å². The van der Waals surface area contributed by atoms with Crippen molar-refractivity contribution in [3.05, 3.63) is 101 Å². The predicted octanol–water partition coefficient (Wildman–Crippen LogP) is 5.26. The number of rotatable bonds is 4. The number of pyridine rings is 1. The second-order valence-electron chi connectivity index (χ2n) is 6.81. The van der Waals surface area contributed by atoms with Gasteiger partial charge in [0, 0.05) is 11.6 Å². The second-order valence-corrected chi connectivity index (χ2v) is 6.81. The highest BCUT2D eigenvalue weighted by atomic mass is 16.1. The molecule has 1 heterocycles. The molecule has 1 aliphatic rings. The van der Waals surface area contributed by atoms with Gasteiger partial charge in [-0.05, 0) is 47.6 Å². The van der Waals surface area contributed by atoms with Crippen LogP contribution in [-0.2, 0) is 11.2 Å². The summed E-state index contributed by atoms with van der Waals surface area (Å²) in [5, 5.41) is 0. The fourth-order valence-corrected chi connectivity index (χ4v) is 3.73. The van der Waals surface area contributed by atoms with Crippen LogP contribution in [0.2, 0.25) is 0 Å². The molecule has 26 heavy (non-hydrogen) atoms. The number of nitrogens with zero attached hydrogens (tertiary/aromatic N) is 1. The van der Waals surface area contributed by atoms with Crippen LogP contribution in [0.3, 0.4) is 0 Å². The van der Waals surface area contributed by atoms with E-state index in [0.29, 0.717) is 5.92 Å². The van der Waals surface area contributed by atoms with E-state index in [1.165, 1.54) is 5.56 Å². The standard InChI is InChI=1S/C24H21NO/c26-17-21-15-20(19-9-5-2-6-10-19)16-24-23(21)14-13-22(25-24)12-11-18-7-3-1-4-8-18/h1-14,17,20-21H,15-16H2. The molecule has 3 aromatic rings. The average molecular weight is 339 g/mol. The molecule has 0 amide bonds. The van der Waals surface area contributed by atoms with Gasteiger partial charge in [-0.2, -0.15) is 0 Å². The van der Waals surface area contributed by atoms with Crippen LogP contribution in [0.15, 0.2) is 72.8 Å². The highest BCUT2D eigenvalue weighted by Gasteiger charge is 2.28. The normalized spacial score (nSPS) is 19.2. The van der Waals surface area contributed by atoms with E-state index < -0.39 is 0 Å². The summed E-state index contributed by atoms with van der Waals surface area (Å²) in [4.78, 5) is 16.5. The third-order valence-corrected chi connectivity index (χ3v) is 5.09. The average Bonchev–Trinajstić information content (AvgIpc) is 2.72. The maximum Gasteiger partial charge on any atom is 0.127 e. The second kappa shape index (κ2) is 7.49. The van der Waals surface area contributed by atoms with Crippen molar-refractivity contribution in [2.75, 3.05) is 0 Å². The molecule has 0 aliphatic heterocycles. The number of carbonyl (C=O) groups excluding carboxylic acids is 1. The summed E-state index contributed by atoms with van der Waals surface area (Å²) in [5.41, 5.74) is 5.52. The lowest BCUT2D eigenvalue weighted by molar-refractivity contribution is -0.109. The first-order valence-corrected chi connectivity index (χ1v) is 9.06. The molecule has 2 nitrogen and oxygen atoms in total. The first-order valence-electron chi connectivity index (χ1n) is 9.06. The molecule has 0 N–H and O–H groups in total. The Hall–Kier alpha value is -3.00. The first kappa shape index (κ1) is 16.5. The summed E-state index contributed by atoms with van der Waals surface area (Å²) in [6.07, 6.45) is 6.94. The van der Waals surface area contributed by atoms with Crippen LogP contribution < -0.4 is 0 Å². The van der Waals surface area contributed by atoms with E-state index in [0.717, 1.165) is 41.6 Å². The van der Waals surface area contributed by atoms with Gasteiger partial charge in [0.25, 0.3) is 0 Å². The van der Waals surface area contributed by atoms with Crippen molar-refractivity contribution in [1.29, 1.82) is 0 Å². The summed E-state index contributed by atoms with van der Waals surface area (Å²) in [6, 6.07) is 24.8. The molecule has 0 saturated heterocycles. The number of hydrogen-bond donors (Lipinski definition) is 0. The molecule has 2 heteroatoms. The number of aromatic nitrogens is 1. The van der Waals surface area contributed by atoms with E-state index in [-0.39, 0.29) is 5.92 Å². The van der Waals surface area contributed by atoms with Gasteiger partial charge in [0.2, 0.25) is 0 Å². The monoisotopic (exact) mass is 339 g/mol. The number of hydrogen-bond acceptors (Lipinski definition) is 2. The number of benzene rings is 2. The summed E-state index contributed by atoms with van der Waals surface area (Å²) >= 11 is 0. The Kier molecular flexibility index (Phi) is 4.74. The molecule has 0 saturated carbocycles. The Bertz CT molecular complexity index is 915. The van der Waals surface area contributed by atoms with Gasteiger partial charge in [0.05, 0.1) is 5.69 Å². The zero-order valence-corrected chi connectivity index (χ0v) is 14.6. The van der Waals surface area contributed by atoms with Crippen molar-refractivity contribution in [2.24, 2.45) is 0 Å². The molecule has 128 valence electrons. The van der Waals surface area contributed by atoms with Gasteiger partial charge in [-0.3, -0.25) is 4.98 Å². The van der Waals surface area contributed by atoms with Crippen LogP contribution in [0.4, 0.5) is 0 Å². The van der Waals surface area contributed by atoms with Crippen LogP contribution in [-0.4, -0.2) is 11.3 Å². The summed E-state index contributed by atoms with van der Waals surface area (Å²) in [7, 11) is 0. The predicted molar refractivity (Wildman–Crippen MR) is 106 cm³/mol. The van der Waals surface area contributed by atoms with Crippen LogP contribution in [0.1, 0.15) is 46.3 Å². The Morgan fingerprint density at radius 3 is 2.31 bits per heavy atom. The Morgan fingerprint density at radius 2 is 1.58 bits per heavy atom. The Labute approximate surface area is 154 Å². The SMILES string of the molecule is O=CC1CC(c2ccccc2)Cc2nc(C=Cc3ccccc3)ccc21. The van der Waals surface area contributed by atoms with Gasteiger partial charge in [-0.1, -0.05) is 72.8 Å². The zero-order chi connectivity index (χ0) is 17.8. The Balaban J connectivity index is 1.63. The maximum absolute atomic E-state index is 11.7. The minimum Gasteiger partial charge on any atom is -0.303 e. The molecule has 1 aromatic heterocycles. The molecule has 4 rings (SSSR count). The lowest BCUT2D eigenvalue weighted by Crippen LogP contribution is -2.20. The van der Waals surface area contributed by atoms with Gasteiger partial charge in [0.1, 0.15) is 6.29 Å². The summed E-state index contributed by atoms with van der Waals surface area (Å²) in [5.74, 6) is 0.281. The van der Waals surface area contributed by atoms with Crippen LogP contribution in [0.25, 0.3) is 12.2 Å².